The van der Waals surface area contributed by atoms with Gasteiger partial charge in [-0.1, -0.05) is 32.0 Å². The summed E-state index contributed by atoms with van der Waals surface area (Å²) in [5.74, 6) is -0.852. The maximum absolute atomic E-state index is 12.8. The molecule has 2 atom stereocenters. The fourth-order valence-corrected chi connectivity index (χ4v) is 3.40. The Kier molecular flexibility index (Phi) is 12.5. The second-order valence-electron chi connectivity index (χ2n) is 8.28. The van der Waals surface area contributed by atoms with E-state index in [-0.39, 0.29) is 37.8 Å². The molecule has 184 valence electrons. The minimum Gasteiger partial charge on any atom is -0.465 e. The minimum absolute atomic E-state index is 0. The summed E-state index contributed by atoms with van der Waals surface area (Å²) in [5.41, 5.74) is 7.64. The smallest absolute Gasteiger partial charge is 0.328 e. The van der Waals surface area contributed by atoms with Crippen molar-refractivity contribution in [3.05, 3.63) is 36.0 Å². The second-order valence-corrected chi connectivity index (χ2v) is 8.28. The van der Waals surface area contributed by atoms with Crippen LogP contribution >= 0.6 is 12.4 Å². The van der Waals surface area contributed by atoms with Crippen molar-refractivity contribution in [3.8, 4) is 0 Å². The van der Waals surface area contributed by atoms with Crippen molar-refractivity contribution in [2.45, 2.75) is 65.0 Å². The Morgan fingerprint density at radius 1 is 1.09 bits per heavy atom. The third-order valence-electron chi connectivity index (χ3n) is 5.16. The molecule has 0 radical (unpaired) electrons. The number of ether oxygens (including phenoxy) is 2. The van der Waals surface area contributed by atoms with Gasteiger partial charge in [0.25, 0.3) is 0 Å². The van der Waals surface area contributed by atoms with Crippen molar-refractivity contribution in [1.29, 1.82) is 0 Å². The van der Waals surface area contributed by atoms with Crippen LogP contribution in [0.3, 0.4) is 0 Å². The van der Waals surface area contributed by atoms with E-state index in [4.69, 9.17) is 15.2 Å². The summed E-state index contributed by atoms with van der Waals surface area (Å²) < 4.78 is 10.3. The summed E-state index contributed by atoms with van der Waals surface area (Å²) >= 11 is 0. The highest BCUT2D eigenvalue weighted by molar-refractivity contribution is 5.87. The van der Waals surface area contributed by atoms with Crippen molar-refractivity contribution in [2.24, 2.45) is 11.7 Å². The molecule has 2 rings (SSSR count). The van der Waals surface area contributed by atoms with Gasteiger partial charge in [-0.15, -0.1) is 12.4 Å². The number of benzene rings is 1. The van der Waals surface area contributed by atoms with E-state index in [2.05, 4.69) is 24.1 Å². The number of nitrogens with two attached hydrogens (primary N) is 1. The third kappa shape index (κ3) is 9.43. The molecule has 0 saturated carbocycles. The lowest BCUT2D eigenvalue weighted by atomic mass is 10.0. The molecule has 0 fully saturated rings. The number of fused-ring (bicyclic) bond motifs is 1. The van der Waals surface area contributed by atoms with Crippen LogP contribution in [0, 0.1) is 5.92 Å². The highest BCUT2D eigenvalue weighted by Crippen LogP contribution is 2.19. The number of halogens is 1. The first-order chi connectivity index (χ1) is 15.3. The van der Waals surface area contributed by atoms with Crippen LogP contribution in [-0.2, 0) is 30.3 Å². The molecule has 9 heteroatoms. The quantitative estimate of drug-likeness (QED) is 0.298. The maximum atomic E-state index is 12.8. The fraction of sp³-hybridized carbons (Fsp3) is 0.542. The fourth-order valence-electron chi connectivity index (χ4n) is 3.40. The van der Waals surface area contributed by atoms with E-state index >= 15 is 0 Å². The van der Waals surface area contributed by atoms with Gasteiger partial charge < -0.3 is 25.5 Å². The molecular formula is C24H36ClN3O5. The molecule has 8 nitrogen and oxygen atoms in total. The van der Waals surface area contributed by atoms with Gasteiger partial charge in [-0.25, -0.2) is 4.79 Å². The summed E-state index contributed by atoms with van der Waals surface area (Å²) in [6.07, 6.45) is 4.00. The van der Waals surface area contributed by atoms with E-state index in [1.165, 1.54) is 0 Å². The molecule has 1 aromatic carbocycles. The van der Waals surface area contributed by atoms with Gasteiger partial charge in [0.05, 0.1) is 13.2 Å². The third-order valence-corrected chi connectivity index (χ3v) is 5.16. The van der Waals surface area contributed by atoms with E-state index in [0.29, 0.717) is 18.9 Å². The number of aromatic nitrogens is 1. The van der Waals surface area contributed by atoms with E-state index in [1.54, 1.807) is 6.92 Å². The zero-order valence-corrected chi connectivity index (χ0v) is 20.4. The molecule has 0 aliphatic rings. The predicted molar refractivity (Wildman–Crippen MR) is 130 cm³/mol. The zero-order valence-electron chi connectivity index (χ0n) is 19.6. The Morgan fingerprint density at radius 3 is 2.52 bits per heavy atom. The van der Waals surface area contributed by atoms with Gasteiger partial charge in [-0.2, -0.15) is 0 Å². The van der Waals surface area contributed by atoms with Crippen LogP contribution in [0.25, 0.3) is 10.9 Å². The van der Waals surface area contributed by atoms with Crippen molar-refractivity contribution in [1.82, 2.24) is 10.3 Å². The van der Waals surface area contributed by atoms with E-state index in [9.17, 15) is 14.4 Å². The van der Waals surface area contributed by atoms with Gasteiger partial charge in [0.1, 0.15) is 12.1 Å². The Labute approximate surface area is 201 Å². The maximum Gasteiger partial charge on any atom is 0.328 e. The van der Waals surface area contributed by atoms with Crippen LogP contribution in [0.1, 0.15) is 52.0 Å². The first-order valence-corrected chi connectivity index (χ1v) is 11.2. The number of rotatable bonds is 13. The molecule has 4 N–H and O–H groups in total. The van der Waals surface area contributed by atoms with Crippen molar-refractivity contribution in [2.75, 3.05) is 13.2 Å². The Hall–Kier alpha value is -2.58. The highest BCUT2D eigenvalue weighted by Gasteiger charge is 2.25. The molecule has 0 unspecified atom stereocenters. The zero-order chi connectivity index (χ0) is 23.5. The molecule has 0 aliphatic heterocycles. The number of nitrogens with one attached hydrogen (secondary N) is 2. The molecule has 2 aromatic rings. The number of carbonyl (C=O) groups is 3. The van der Waals surface area contributed by atoms with Crippen LogP contribution in [0.2, 0.25) is 0 Å². The average Bonchev–Trinajstić information content (AvgIpc) is 3.17. The van der Waals surface area contributed by atoms with Crippen LogP contribution in [0.15, 0.2) is 30.5 Å². The molecule has 0 spiro atoms. The first-order valence-electron chi connectivity index (χ1n) is 11.2. The number of esters is 2. The lowest BCUT2D eigenvalue weighted by molar-refractivity contribution is -0.148. The molecular weight excluding hydrogens is 446 g/mol. The van der Waals surface area contributed by atoms with Gasteiger partial charge in [0.2, 0.25) is 5.91 Å². The normalized spacial score (nSPS) is 12.6. The molecule has 0 aliphatic carbocycles. The van der Waals surface area contributed by atoms with E-state index in [0.717, 1.165) is 29.3 Å². The van der Waals surface area contributed by atoms with Crippen molar-refractivity contribution >= 4 is 41.2 Å². The van der Waals surface area contributed by atoms with Crippen molar-refractivity contribution < 1.29 is 23.9 Å². The Morgan fingerprint density at radius 2 is 1.82 bits per heavy atom. The van der Waals surface area contributed by atoms with Crippen LogP contribution < -0.4 is 11.1 Å². The lowest BCUT2D eigenvalue weighted by Crippen LogP contribution is -2.44. The summed E-state index contributed by atoms with van der Waals surface area (Å²) in [6.45, 7) is 6.46. The molecule has 0 bridgehead atoms. The summed E-state index contributed by atoms with van der Waals surface area (Å²) in [5, 5.41) is 3.75. The molecule has 0 saturated heterocycles. The van der Waals surface area contributed by atoms with Crippen LogP contribution in [0.5, 0.6) is 0 Å². The van der Waals surface area contributed by atoms with E-state index < -0.39 is 24.0 Å². The largest absolute Gasteiger partial charge is 0.465 e. The first kappa shape index (κ1) is 28.5. The number of aromatic amines is 1. The Bertz CT molecular complexity index is 899. The SMILES string of the molecule is CCOC(=O)[C@H](N)CCC(=O)N[C@H](Cc1c[nH]c2ccccc12)C(=O)OCCCC(C)C.Cl. The summed E-state index contributed by atoms with van der Waals surface area (Å²) in [7, 11) is 0. The Balaban J connectivity index is 0.00000544. The highest BCUT2D eigenvalue weighted by atomic mass is 35.5. The minimum atomic E-state index is -0.879. The number of carbonyl (C=O) groups excluding carboxylic acids is 3. The lowest BCUT2D eigenvalue weighted by Gasteiger charge is -2.18. The number of amides is 1. The second kappa shape index (κ2) is 14.5. The summed E-state index contributed by atoms with van der Waals surface area (Å²) in [6, 6.07) is 6.06. The van der Waals surface area contributed by atoms with Crippen molar-refractivity contribution in [3.63, 3.8) is 0 Å². The van der Waals surface area contributed by atoms with Gasteiger partial charge in [0, 0.05) is 29.9 Å². The number of hydrogen-bond acceptors (Lipinski definition) is 6. The van der Waals surface area contributed by atoms with Gasteiger partial charge >= 0.3 is 11.9 Å². The topological polar surface area (TPSA) is 124 Å². The average molecular weight is 482 g/mol. The number of hydrogen-bond donors (Lipinski definition) is 3. The molecule has 1 aromatic heterocycles. The molecule has 1 heterocycles. The monoisotopic (exact) mass is 481 g/mol. The molecule has 1 amide bonds. The van der Waals surface area contributed by atoms with Crippen LogP contribution in [-0.4, -0.2) is 48.1 Å². The standard InChI is InChI=1S/C24H35N3O5.ClH/c1-4-31-23(29)19(25)11-12-22(28)27-21(24(30)32-13-7-8-16(2)3)14-17-15-26-20-10-6-5-9-18(17)20;/h5-6,9-10,15-16,19,21,26H,4,7-8,11-14,25H2,1-3H3,(H,27,28);1H/t19-,21-;/m1./s1. The van der Waals surface area contributed by atoms with Crippen LogP contribution in [0.4, 0.5) is 0 Å². The van der Waals surface area contributed by atoms with Gasteiger partial charge in [-0.3, -0.25) is 9.59 Å². The van der Waals surface area contributed by atoms with E-state index in [1.807, 2.05) is 30.5 Å². The van der Waals surface area contributed by atoms with Gasteiger partial charge in [-0.05, 0) is 43.7 Å². The van der Waals surface area contributed by atoms with Gasteiger partial charge in [0.15, 0.2) is 0 Å². The predicted octanol–water partition coefficient (Wildman–Crippen LogP) is 3.27. The summed E-state index contributed by atoms with van der Waals surface area (Å²) in [4.78, 5) is 40.1. The number of H-pyrrole nitrogens is 1. The molecule has 33 heavy (non-hydrogen) atoms. The number of para-hydroxylation sites is 1.